The average Bonchev–Trinajstić information content (AvgIpc) is 2.73. The van der Waals surface area contributed by atoms with Gasteiger partial charge in [0.1, 0.15) is 0 Å². The molecule has 1 aromatic heterocycles. The first-order chi connectivity index (χ1) is 9.73. The minimum absolute atomic E-state index is 0.0373. The number of nitrogens with one attached hydrogen (secondary N) is 1. The third-order valence-corrected chi connectivity index (χ3v) is 4.16. The van der Waals surface area contributed by atoms with E-state index in [0.29, 0.717) is 18.7 Å². The zero-order valence-electron chi connectivity index (χ0n) is 12.4. The quantitative estimate of drug-likeness (QED) is 0.727. The number of nitrogens with zero attached hydrogens (tertiary/aromatic N) is 2. The van der Waals surface area contributed by atoms with Gasteiger partial charge in [0.25, 0.3) is 0 Å². The summed E-state index contributed by atoms with van der Waals surface area (Å²) in [5.74, 6) is -0.0883. The minimum Gasteiger partial charge on any atom is -0.396 e. The number of aromatic nitrogens is 1. The van der Waals surface area contributed by atoms with E-state index in [2.05, 4.69) is 9.71 Å². The van der Waals surface area contributed by atoms with E-state index in [1.807, 2.05) is 13.8 Å². The van der Waals surface area contributed by atoms with Crippen molar-refractivity contribution in [2.75, 3.05) is 24.1 Å². The highest BCUT2D eigenvalue weighted by Crippen LogP contribution is 2.17. The van der Waals surface area contributed by atoms with Gasteiger partial charge in [-0.15, -0.1) is 11.3 Å². The smallest absolute Gasteiger partial charge is 0.231 e. The van der Waals surface area contributed by atoms with Crippen LogP contribution < -0.4 is 4.72 Å². The van der Waals surface area contributed by atoms with Crippen LogP contribution in [0.3, 0.4) is 0 Å². The highest BCUT2D eigenvalue weighted by Gasteiger charge is 2.18. The molecule has 0 atom stereocenters. The standard InChI is InChI=1S/C12H21N3O4S2/c1-9(2)15(5-4-6-16)11(17)7-10-8-20-12(13-10)14-21(3,18)19/h8-9,16H,4-7H2,1-3H3,(H,13,14). The van der Waals surface area contributed by atoms with Crippen molar-refractivity contribution in [1.29, 1.82) is 0 Å². The number of sulfonamides is 1. The Kier molecular flexibility index (Phi) is 6.56. The Bertz CT molecular complexity index is 569. The van der Waals surface area contributed by atoms with Crippen molar-refractivity contribution in [2.45, 2.75) is 32.7 Å². The largest absolute Gasteiger partial charge is 0.396 e. The third kappa shape index (κ3) is 6.40. The van der Waals surface area contributed by atoms with Crippen LogP contribution >= 0.6 is 11.3 Å². The van der Waals surface area contributed by atoms with Crippen LogP contribution in [0.25, 0.3) is 0 Å². The molecule has 0 bridgehead atoms. The van der Waals surface area contributed by atoms with Crippen molar-refractivity contribution in [2.24, 2.45) is 0 Å². The maximum absolute atomic E-state index is 12.2. The van der Waals surface area contributed by atoms with Crippen molar-refractivity contribution < 1.29 is 18.3 Å². The second-order valence-corrected chi connectivity index (χ2v) is 7.56. The number of carbonyl (C=O) groups is 1. The predicted molar refractivity (Wildman–Crippen MR) is 82.8 cm³/mol. The molecule has 0 fully saturated rings. The van der Waals surface area contributed by atoms with Crippen LogP contribution in [0.4, 0.5) is 5.13 Å². The molecule has 0 radical (unpaired) electrons. The van der Waals surface area contributed by atoms with Gasteiger partial charge in [-0.05, 0) is 20.3 Å². The molecular formula is C12H21N3O4S2. The molecule has 120 valence electrons. The molecule has 0 aliphatic carbocycles. The normalized spacial score (nSPS) is 11.7. The number of rotatable bonds is 8. The van der Waals surface area contributed by atoms with Crippen LogP contribution in [0.1, 0.15) is 26.0 Å². The summed E-state index contributed by atoms with van der Waals surface area (Å²) >= 11 is 1.14. The summed E-state index contributed by atoms with van der Waals surface area (Å²) in [6.07, 6.45) is 1.70. The minimum atomic E-state index is -3.36. The van der Waals surface area contributed by atoms with Gasteiger partial charge < -0.3 is 10.0 Å². The SMILES string of the molecule is CC(C)N(CCCO)C(=O)Cc1csc(NS(C)(=O)=O)n1. The zero-order valence-corrected chi connectivity index (χ0v) is 14.0. The lowest BCUT2D eigenvalue weighted by Gasteiger charge is -2.26. The van der Waals surface area contributed by atoms with Crippen LogP contribution in [-0.2, 0) is 21.2 Å². The first-order valence-electron chi connectivity index (χ1n) is 6.55. The van der Waals surface area contributed by atoms with Crippen molar-refractivity contribution in [3.8, 4) is 0 Å². The van der Waals surface area contributed by atoms with E-state index in [9.17, 15) is 13.2 Å². The molecule has 1 heterocycles. The molecule has 1 amide bonds. The topological polar surface area (TPSA) is 99.6 Å². The Labute approximate surface area is 129 Å². The number of aliphatic hydroxyl groups is 1. The van der Waals surface area contributed by atoms with Gasteiger partial charge in [-0.1, -0.05) is 0 Å². The van der Waals surface area contributed by atoms with E-state index >= 15 is 0 Å². The second-order valence-electron chi connectivity index (χ2n) is 4.95. The maximum Gasteiger partial charge on any atom is 0.231 e. The number of amides is 1. The molecule has 1 aromatic rings. The highest BCUT2D eigenvalue weighted by molar-refractivity contribution is 7.92. The molecule has 7 nitrogen and oxygen atoms in total. The number of anilines is 1. The lowest BCUT2D eigenvalue weighted by Crippen LogP contribution is -2.39. The van der Waals surface area contributed by atoms with Gasteiger partial charge >= 0.3 is 0 Å². The van der Waals surface area contributed by atoms with E-state index in [1.165, 1.54) is 0 Å². The summed E-state index contributed by atoms with van der Waals surface area (Å²) in [7, 11) is -3.36. The summed E-state index contributed by atoms with van der Waals surface area (Å²) in [5, 5.41) is 10.8. The molecule has 0 aromatic carbocycles. The summed E-state index contributed by atoms with van der Waals surface area (Å²) in [4.78, 5) is 18.0. The predicted octanol–water partition coefficient (Wildman–Crippen LogP) is 0.676. The van der Waals surface area contributed by atoms with Gasteiger partial charge in [-0.2, -0.15) is 0 Å². The summed E-state index contributed by atoms with van der Waals surface area (Å²) in [6.45, 7) is 4.35. The average molecular weight is 335 g/mol. The lowest BCUT2D eigenvalue weighted by molar-refractivity contribution is -0.132. The van der Waals surface area contributed by atoms with Crippen molar-refractivity contribution in [1.82, 2.24) is 9.88 Å². The fourth-order valence-electron chi connectivity index (χ4n) is 1.76. The molecule has 2 N–H and O–H groups in total. The number of hydrogen-bond donors (Lipinski definition) is 2. The van der Waals surface area contributed by atoms with Gasteiger partial charge in [0.2, 0.25) is 15.9 Å². The second kappa shape index (κ2) is 7.71. The Morgan fingerprint density at radius 2 is 2.19 bits per heavy atom. The molecule has 0 aliphatic rings. The van der Waals surface area contributed by atoms with Gasteiger partial charge in [-0.25, -0.2) is 13.4 Å². The Morgan fingerprint density at radius 3 is 2.71 bits per heavy atom. The number of carbonyl (C=O) groups excluding carboxylic acids is 1. The Balaban J connectivity index is 2.69. The Hall–Kier alpha value is -1.19. The Morgan fingerprint density at radius 1 is 1.52 bits per heavy atom. The molecule has 9 heteroatoms. The highest BCUT2D eigenvalue weighted by atomic mass is 32.2. The van der Waals surface area contributed by atoms with Crippen LogP contribution in [0.5, 0.6) is 0 Å². The number of hydrogen-bond acceptors (Lipinski definition) is 6. The molecule has 0 saturated heterocycles. The molecule has 1 rings (SSSR count). The van der Waals surface area contributed by atoms with E-state index in [4.69, 9.17) is 5.11 Å². The molecule has 0 aliphatic heterocycles. The van der Waals surface area contributed by atoms with E-state index in [0.717, 1.165) is 17.6 Å². The summed E-state index contributed by atoms with van der Waals surface area (Å²) in [5.41, 5.74) is 0.533. The van der Waals surface area contributed by atoms with Crippen LogP contribution in [-0.4, -0.2) is 54.8 Å². The maximum atomic E-state index is 12.2. The van der Waals surface area contributed by atoms with Crippen LogP contribution in [0.2, 0.25) is 0 Å². The van der Waals surface area contributed by atoms with E-state index < -0.39 is 10.0 Å². The first-order valence-corrected chi connectivity index (χ1v) is 9.32. The zero-order chi connectivity index (χ0) is 16.0. The summed E-state index contributed by atoms with van der Waals surface area (Å²) < 4.78 is 24.5. The van der Waals surface area contributed by atoms with Crippen molar-refractivity contribution in [3.63, 3.8) is 0 Å². The van der Waals surface area contributed by atoms with E-state index in [-0.39, 0.29) is 30.1 Å². The first kappa shape index (κ1) is 17.9. The van der Waals surface area contributed by atoms with Crippen LogP contribution in [0.15, 0.2) is 5.38 Å². The van der Waals surface area contributed by atoms with Gasteiger partial charge in [0, 0.05) is 24.6 Å². The monoisotopic (exact) mass is 335 g/mol. The molecule has 0 saturated carbocycles. The van der Waals surface area contributed by atoms with Gasteiger partial charge in [-0.3, -0.25) is 9.52 Å². The van der Waals surface area contributed by atoms with Crippen LogP contribution in [0, 0.1) is 0 Å². The number of aliphatic hydroxyl groups excluding tert-OH is 1. The van der Waals surface area contributed by atoms with Gasteiger partial charge in [0.05, 0.1) is 18.4 Å². The fraction of sp³-hybridized carbons (Fsp3) is 0.667. The lowest BCUT2D eigenvalue weighted by atomic mass is 10.2. The number of thiazole rings is 1. The molecule has 0 spiro atoms. The molecule has 0 unspecified atom stereocenters. The van der Waals surface area contributed by atoms with Crippen molar-refractivity contribution in [3.05, 3.63) is 11.1 Å². The van der Waals surface area contributed by atoms with E-state index in [1.54, 1.807) is 10.3 Å². The summed E-state index contributed by atoms with van der Waals surface area (Å²) in [6, 6.07) is 0.0382. The fourth-order valence-corrected chi connectivity index (χ4v) is 3.33. The van der Waals surface area contributed by atoms with Gasteiger partial charge in [0.15, 0.2) is 5.13 Å². The third-order valence-electron chi connectivity index (χ3n) is 2.66. The molecular weight excluding hydrogens is 314 g/mol. The molecule has 21 heavy (non-hydrogen) atoms. The van der Waals surface area contributed by atoms with Crippen molar-refractivity contribution >= 4 is 32.4 Å².